The van der Waals surface area contributed by atoms with Gasteiger partial charge in [0.15, 0.2) is 0 Å². The van der Waals surface area contributed by atoms with Crippen molar-refractivity contribution < 1.29 is 10.9 Å². The molecule has 0 fully saturated rings. The molecule has 0 heterocycles. The van der Waals surface area contributed by atoms with Crippen LogP contribution < -0.4 is 5.32 Å². The first-order valence-electron chi connectivity index (χ1n) is 5.21. The van der Waals surface area contributed by atoms with Crippen molar-refractivity contribution in [1.29, 1.82) is 0 Å². The van der Waals surface area contributed by atoms with Crippen LogP contribution in [0.25, 0.3) is 0 Å². The third-order valence-electron chi connectivity index (χ3n) is 1.81. The van der Waals surface area contributed by atoms with E-state index in [1.54, 1.807) is 0 Å². The van der Waals surface area contributed by atoms with Crippen LogP contribution in [0, 0.1) is 0 Å². The van der Waals surface area contributed by atoms with Crippen LogP contribution in [-0.4, -0.2) is 19.6 Å². The number of carbonyl (C=O) groups is 1. The summed E-state index contributed by atoms with van der Waals surface area (Å²) in [5, 5.41) is 2.78. The third kappa shape index (κ3) is 4.05. The molecule has 14 heavy (non-hydrogen) atoms. The SMILES string of the molecule is [2H]COCCC(=O)NCc1ccccc1. The first kappa shape index (κ1) is 9.21. The van der Waals surface area contributed by atoms with Gasteiger partial charge in [-0.3, -0.25) is 4.79 Å². The molecule has 3 heteroatoms. The van der Waals surface area contributed by atoms with Crippen LogP contribution in [-0.2, 0) is 16.1 Å². The summed E-state index contributed by atoms with van der Waals surface area (Å²) in [7, 11) is -0.0913. The number of amides is 1. The standard InChI is InChI=1S/C11H15NO2/c1-14-8-7-11(13)12-9-10-5-3-2-4-6-10/h2-6H,7-9H2,1H3,(H,12,13)/i1D. The summed E-state index contributed by atoms with van der Waals surface area (Å²) in [6.07, 6.45) is 0.311. The average Bonchev–Trinajstić information content (AvgIpc) is 2.28. The van der Waals surface area contributed by atoms with E-state index in [9.17, 15) is 4.79 Å². The molecule has 0 bridgehead atoms. The summed E-state index contributed by atoms with van der Waals surface area (Å²) in [4.78, 5) is 11.2. The molecular formula is C11H15NO2. The van der Waals surface area contributed by atoms with Gasteiger partial charge in [0.1, 0.15) is 0 Å². The van der Waals surface area contributed by atoms with E-state index in [0.717, 1.165) is 5.56 Å². The van der Waals surface area contributed by atoms with E-state index >= 15 is 0 Å². The summed E-state index contributed by atoms with van der Waals surface area (Å²) in [6, 6.07) is 9.73. The Labute approximate surface area is 85.5 Å². The largest absolute Gasteiger partial charge is 0.384 e. The van der Waals surface area contributed by atoms with E-state index in [-0.39, 0.29) is 13.0 Å². The van der Waals surface area contributed by atoms with E-state index in [4.69, 9.17) is 6.11 Å². The smallest absolute Gasteiger partial charge is 0.222 e. The predicted octanol–water partition coefficient (Wildman–Crippen LogP) is 1.34. The Kier molecular flexibility index (Phi) is 4.05. The lowest BCUT2D eigenvalue weighted by atomic mass is 10.2. The zero-order valence-electron chi connectivity index (χ0n) is 9.03. The summed E-state index contributed by atoms with van der Waals surface area (Å²) in [5.74, 6) is -0.0488. The van der Waals surface area contributed by atoms with Gasteiger partial charge in [0, 0.05) is 20.1 Å². The maximum atomic E-state index is 11.2. The number of ether oxygens (including phenoxy) is 1. The van der Waals surface area contributed by atoms with Crippen molar-refractivity contribution in [3.63, 3.8) is 0 Å². The molecule has 0 aliphatic carbocycles. The van der Waals surface area contributed by atoms with Crippen molar-refractivity contribution in [2.24, 2.45) is 0 Å². The number of methoxy groups -OCH3 is 1. The number of carbonyl (C=O) groups excluding carboxylic acids is 1. The maximum absolute atomic E-state index is 11.2. The summed E-state index contributed by atoms with van der Waals surface area (Å²) < 4.78 is 11.5. The van der Waals surface area contributed by atoms with Crippen LogP contribution in [0.15, 0.2) is 30.3 Å². The molecule has 0 unspecified atom stereocenters. The molecule has 0 aliphatic rings. The molecule has 1 rings (SSSR count). The van der Waals surface area contributed by atoms with Crippen molar-refractivity contribution in [2.75, 3.05) is 13.7 Å². The summed E-state index contributed by atoms with van der Waals surface area (Å²) in [6.45, 7) is 0.852. The minimum absolute atomic E-state index is 0.0488. The molecule has 1 N–H and O–H groups in total. The molecule has 0 aromatic heterocycles. The van der Waals surface area contributed by atoms with Gasteiger partial charge in [-0.25, -0.2) is 0 Å². The highest BCUT2D eigenvalue weighted by molar-refractivity contribution is 5.75. The summed E-state index contributed by atoms with van der Waals surface area (Å²) in [5.41, 5.74) is 1.08. The number of nitrogens with one attached hydrogen (secondary N) is 1. The lowest BCUT2D eigenvalue weighted by Gasteiger charge is -2.04. The maximum Gasteiger partial charge on any atom is 0.222 e. The van der Waals surface area contributed by atoms with Crippen molar-refractivity contribution in [2.45, 2.75) is 13.0 Å². The van der Waals surface area contributed by atoms with E-state index in [2.05, 4.69) is 5.32 Å². The van der Waals surface area contributed by atoms with Gasteiger partial charge in [0.05, 0.1) is 7.98 Å². The Morgan fingerprint density at radius 3 is 3.00 bits per heavy atom. The zero-order chi connectivity index (χ0) is 10.9. The topological polar surface area (TPSA) is 38.3 Å². The van der Waals surface area contributed by atoms with Gasteiger partial charge in [0.2, 0.25) is 5.91 Å². The first-order valence-corrected chi connectivity index (χ1v) is 4.50. The average molecular weight is 194 g/mol. The second-order valence-corrected chi connectivity index (χ2v) is 2.92. The first-order chi connectivity index (χ1) is 7.33. The minimum Gasteiger partial charge on any atom is -0.384 e. The second kappa shape index (κ2) is 6.16. The van der Waals surface area contributed by atoms with Crippen LogP contribution in [0.2, 0.25) is 0 Å². The highest BCUT2D eigenvalue weighted by Crippen LogP contribution is 1.97. The molecule has 3 nitrogen and oxygen atoms in total. The fourth-order valence-electron chi connectivity index (χ4n) is 1.05. The van der Waals surface area contributed by atoms with Gasteiger partial charge in [-0.2, -0.15) is 0 Å². The zero-order valence-corrected chi connectivity index (χ0v) is 8.03. The number of rotatable bonds is 5. The Hall–Kier alpha value is -1.35. The fraction of sp³-hybridized carbons (Fsp3) is 0.364. The lowest BCUT2D eigenvalue weighted by Crippen LogP contribution is -2.23. The Balaban J connectivity index is 2.17. The molecule has 0 saturated heterocycles. The molecule has 1 aromatic carbocycles. The Morgan fingerprint density at radius 1 is 1.50 bits per heavy atom. The molecule has 1 amide bonds. The second-order valence-electron chi connectivity index (χ2n) is 2.92. The number of benzene rings is 1. The molecular weight excluding hydrogens is 178 g/mol. The molecule has 0 radical (unpaired) electrons. The molecule has 0 spiro atoms. The Bertz CT molecular complexity index is 290. The van der Waals surface area contributed by atoms with Gasteiger partial charge in [-0.15, -0.1) is 0 Å². The normalized spacial score (nSPS) is 10.7. The van der Waals surface area contributed by atoms with Gasteiger partial charge in [-0.1, -0.05) is 30.3 Å². The molecule has 0 saturated carbocycles. The summed E-state index contributed by atoms with van der Waals surface area (Å²) >= 11 is 0. The molecule has 76 valence electrons. The van der Waals surface area contributed by atoms with Crippen molar-refractivity contribution >= 4 is 5.91 Å². The van der Waals surface area contributed by atoms with Gasteiger partial charge in [-0.05, 0) is 5.56 Å². The Morgan fingerprint density at radius 2 is 2.29 bits per heavy atom. The van der Waals surface area contributed by atoms with Crippen LogP contribution >= 0.6 is 0 Å². The minimum atomic E-state index is -0.0913. The highest BCUT2D eigenvalue weighted by atomic mass is 16.5. The van der Waals surface area contributed by atoms with Crippen LogP contribution in [0.1, 0.15) is 13.4 Å². The van der Waals surface area contributed by atoms with E-state index < -0.39 is 0 Å². The van der Waals surface area contributed by atoms with Crippen molar-refractivity contribution in [1.82, 2.24) is 5.32 Å². The highest BCUT2D eigenvalue weighted by Gasteiger charge is 1.99. The monoisotopic (exact) mass is 194 g/mol. The van der Waals surface area contributed by atoms with Gasteiger partial charge >= 0.3 is 0 Å². The molecule has 1 aromatic rings. The number of hydrogen-bond acceptors (Lipinski definition) is 2. The van der Waals surface area contributed by atoms with Crippen LogP contribution in [0.4, 0.5) is 0 Å². The van der Waals surface area contributed by atoms with E-state index in [0.29, 0.717) is 19.6 Å². The molecule has 0 aliphatic heterocycles. The van der Waals surface area contributed by atoms with Crippen molar-refractivity contribution in [3.05, 3.63) is 35.9 Å². The van der Waals surface area contributed by atoms with Crippen molar-refractivity contribution in [3.8, 4) is 0 Å². The lowest BCUT2D eigenvalue weighted by molar-refractivity contribution is -0.122. The molecule has 0 atom stereocenters. The van der Waals surface area contributed by atoms with E-state index in [1.807, 2.05) is 30.3 Å². The predicted molar refractivity (Wildman–Crippen MR) is 54.8 cm³/mol. The van der Waals surface area contributed by atoms with Gasteiger partial charge in [0.25, 0.3) is 0 Å². The number of hydrogen-bond donors (Lipinski definition) is 1. The third-order valence-corrected chi connectivity index (χ3v) is 1.81. The van der Waals surface area contributed by atoms with Crippen LogP contribution in [0.3, 0.4) is 0 Å². The quantitative estimate of drug-likeness (QED) is 0.718. The fourth-order valence-corrected chi connectivity index (χ4v) is 1.05. The van der Waals surface area contributed by atoms with Crippen LogP contribution in [0.5, 0.6) is 0 Å². The van der Waals surface area contributed by atoms with Gasteiger partial charge < -0.3 is 10.1 Å². The van der Waals surface area contributed by atoms with E-state index in [1.165, 1.54) is 0 Å².